The molecule has 0 aromatic rings. The van der Waals surface area contributed by atoms with Crippen LogP contribution < -0.4 is 0 Å². The summed E-state index contributed by atoms with van der Waals surface area (Å²) in [4.78, 5) is 21.8. The summed E-state index contributed by atoms with van der Waals surface area (Å²) < 4.78 is 9.35. The molecule has 0 aliphatic carbocycles. The lowest BCUT2D eigenvalue weighted by Gasteiger charge is -2.23. The highest BCUT2D eigenvalue weighted by Crippen LogP contribution is 2.12. The maximum Gasteiger partial charge on any atom is 0.349 e. The van der Waals surface area contributed by atoms with Crippen molar-refractivity contribution in [1.82, 2.24) is 0 Å². The van der Waals surface area contributed by atoms with Gasteiger partial charge in [0, 0.05) is 0 Å². The molecule has 0 aromatic heterocycles. The van der Waals surface area contributed by atoms with Gasteiger partial charge in [-0.25, -0.2) is 9.59 Å². The first-order valence-electron chi connectivity index (χ1n) is 3.49. The van der Waals surface area contributed by atoms with Gasteiger partial charge in [-0.15, -0.1) is 12.3 Å². The van der Waals surface area contributed by atoms with E-state index in [1.807, 2.05) is 0 Å². The van der Waals surface area contributed by atoms with Crippen LogP contribution in [0.25, 0.3) is 0 Å². The smallest absolute Gasteiger partial charge is 0.349 e. The number of cyclic esters (lactones) is 2. The molecule has 0 amide bonds. The Labute approximate surface area is 69.8 Å². The molecule has 0 radical (unpaired) electrons. The van der Waals surface area contributed by atoms with Crippen molar-refractivity contribution in [2.45, 2.75) is 25.6 Å². The quantitative estimate of drug-likeness (QED) is 0.404. The van der Waals surface area contributed by atoms with Crippen LogP contribution in [0.3, 0.4) is 0 Å². The summed E-state index contributed by atoms with van der Waals surface area (Å²) in [5.74, 6) is 1.11. The third-order valence-corrected chi connectivity index (χ3v) is 1.45. The zero-order valence-corrected chi connectivity index (χ0v) is 6.57. The maximum atomic E-state index is 10.9. The molecule has 4 heteroatoms. The van der Waals surface area contributed by atoms with E-state index >= 15 is 0 Å². The largest absolute Gasteiger partial charge is 0.448 e. The van der Waals surface area contributed by atoms with Crippen LogP contribution in [0.2, 0.25) is 0 Å². The lowest BCUT2D eigenvalue weighted by atomic mass is 10.2. The Morgan fingerprint density at radius 3 is 2.67 bits per heavy atom. The third-order valence-electron chi connectivity index (χ3n) is 1.45. The number of rotatable bonds is 1. The Hall–Kier alpha value is -1.50. The molecular formula is C8H8O4. The van der Waals surface area contributed by atoms with Crippen LogP contribution in [-0.4, -0.2) is 24.1 Å². The van der Waals surface area contributed by atoms with Gasteiger partial charge >= 0.3 is 11.9 Å². The van der Waals surface area contributed by atoms with Gasteiger partial charge in [-0.05, 0) is 6.92 Å². The number of carbonyl (C=O) groups is 2. The zero-order valence-electron chi connectivity index (χ0n) is 6.57. The van der Waals surface area contributed by atoms with Crippen LogP contribution in [0.15, 0.2) is 0 Å². The molecule has 64 valence electrons. The fraction of sp³-hybridized carbons (Fsp3) is 0.500. The van der Waals surface area contributed by atoms with Crippen molar-refractivity contribution in [1.29, 1.82) is 0 Å². The summed E-state index contributed by atoms with van der Waals surface area (Å²) >= 11 is 0. The average Bonchev–Trinajstić information content (AvgIpc) is 2.01. The molecule has 1 aliphatic rings. The summed E-state index contributed by atoms with van der Waals surface area (Å²) in [5.41, 5.74) is 0. The Bertz CT molecular complexity index is 250. The van der Waals surface area contributed by atoms with E-state index in [1.54, 1.807) is 0 Å². The highest BCUT2D eigenvalue weighted by Gasteiger charge is 2.34. The average molecular weight is 168 g/mol. The van der Waals surface area contributed by atoms with Crippen LogP contribution in [0.5, 0.6) is 0 Å². The van der Waals surface area contributed by atoms with Crippen molar-refractivity contribution < 1.29 is 19.1 Å². The fourth-order valence-corrected chi connectivity index (χ4v) is 0.814. The van der Waals surface area contributed by atoms with Crippen molar-refractivity contribution in [2.24, 2.45) is 0 Å². The van der Waals surface area contributed by atoms with E-state index in [4.69, 9.17) is 11.2 Å². The second-order valence-electron chi connectivity index (χ2n) is 2.41. The van der Waals surface area contributed by atoms with Crippen LogP contribution in [0, 0.1) is 12.3 Å². The molecule has 0 aromatic carbocycles. The number of hydrogen-bond donors (Lipinski definition) is 0. The Kier molecular flexibility index (Phi) is 2.34. The van der Waals surface area contributed by atoms with Crippen LogP contribution in [0.1, 0.15) is 13.3 Å². The number of esters is 2. The minimum absolute atomic E-state index is 0.0668. The Balaban J connectivity index is 2.63. The van der Waals surface area contributed by atoms with Gasteiger partial charge in [-0.1, -0.05) is 0 Å². The van der Waals surface area contributed by atoms with E-state index in [0.29, 0.717) is 0 Å². The predicted molar refractivity (Wildman–Crippen MR) is 38.9 cm³/mol. The van der Waals surface area contributed by atoms with Crippen molar-refractivity contribution in [2.75, 3.05) is 0 Å². The van der Waals surface area contributed by atoms with Crippen LogP contribution in [-0.2, 0) is 19.1 Å². The number of hydrogen-bond acceptors (Lipinski definition) is 4. The van der Waals surface area contributed by atoms with Gasteiger partial charge in [-0.3, -0.25) is 0 Å². The minimum atomic E-state index is -0.918. The molecule has 1 heterocycles. The summed E-state index contributed by atoms with van der Waals surface area (Å²) in [6, 6.07) is 0. The zero-order chi connectivity index (χ0) is 9.14. The molecule has 12 heavy (non-hydrogen) atoms. The highest BCUT2D eigenvalue weighted by atomic mass is 16.6. The first-order chi connectivity index (χ1) is 5.65. The Morgan fingerprint density at radius 1 is 1.42 bits per heavy atom. The van der Waals surface area contributed by atoms with Gasteiger partial charge in [0.05, 0.1) is 6.42 Å². The molecule has 2 atom stereocenters. The Morgan fingerprint density at radius 2 is 2.08 bits per heavy atom. The van der Waals surface area contributed by atoms with E-state index in [9.17, 15) is 9.59 Å². The molecule has 1 rings (SSSR count). The van der Waals surface area contributed by atoms with Gasteiger partial charge in [-0.2, -0.15) is 0 Å². The fourth-order valence-electron chi connectivity index (χ4n) is 0.814. The second kappa shape index (κ2) is 3.26. The summed E-state index contributed by atoms with van der Waals surface area (Å²) in [7, 11) is 0. The van der Waals surface area contributed by atoms with Crippen LogP contribution >= 0.6 is 0 Å². The monoisotopic (exact) mass is 168 g/mol. The maximum absolute atomic E-state index is 10.9. The lowest BCUT2D eigenvalue weighted by molar-refractivity contribution is -0.192. The number of terminal acetylenes is 1. The molecular weight excluding hydrogens is 160 g/mol. The molecule has 4 nitrogen and oxygen atoms in total. The summed E-state index contributed by atoms with van der Waals surface area (Å²) in [5, 5.41) is 0. The lowest BCUT2D eigenvalue weighted by Crippen LogP contribution is -2.42. The van der Waals surface area contributed by atoms with Crippen molar-refractivity contribution in [3.05, 3.63) is 0 Å². The van der Waals surface area contributed by atoms with E-state index in [-0.39, 0.29) is 6.42 Å². The molecule has 2 unspecified atom stereocenters. The van der Waals surface area contributed by atoms with Gasteiger partial charge in [0.25, 0.3) is 0 Å². The first-order valence-corrected chi connectivity index (χ1v) is 3.49. The van der Waals surface area contributed by atoms with Gasteiger partial charge in [0.1, 0.15) is 0 Å². The van der Waals surface area contributed by atoms with Crippen LogP contribution in [0.4, 0.5) is 0 Å². The van der Waals surface area contributed by atoms with E-state index in [0.717, 1.165) is 0 Å². The van der Waals surface area contributed by atoms with Crippen molar-refractivity contribution in [3.8, 4) is 12.3 Å². The topological polar surface area (TPSA) is 52.6 Å². The predicted octanol–water partition coefficient (Wildman–Crippen LogP) is -0.133. The first kappa shape index (κ1) is 8.60. The van der Waals surface area contributed by atoms with Gasteiger partial charge in [0.15, 0.2) is 6.10 Å². The van der Waals surface area contributed by atoms with E-state index < -0.39 is 24.1 Å². The molecule has 1 aliphatic heterocycles. The van der Waals surface area contributed by atoms with Crippen molar-refractivity contribution >= 4 is 11.9 Å². The molecule has 1 saturated heterocycles. The van der Waals surface area contributed by atoms with E-state index in [2.05, 4.69) is 10.7 Å². The number of carbonyl (C=O) groups excluding carboxylic acids is 2. The van der Waals surface area contributed by atoms with Crippen molar-refractivity contribution in [3.63, 3.8) is 0 Å². The molecule has 1 fully saturated rings. The minimum Gasteiger partial charge on any atom is -0.448 e. The summed E-state index contributed by atoms with van der Waals surface area (Å²) in [6.07, 6.45) is 3.29. The SMILES string of the molecule is C#CCC1OC(=O)C(C)OC1=O. The summed E-state index contributed by atoms with van der Waals surface area (Å²) in [6.45, 7) is 1.45. The third kappa shape index (κ3) is 1.56. The molecule has 0 saturated carbocycles. The standard InChI is InChI=1S/C8H8O4/c1-3-4-6-8(10)11-5(2)7(9)12-6/h1,5-6H,4H2,2H3. The van der Waals surface area contributed by atoms with Gasteiger partial charge < -0.3 is 9.47 Å². The molecule has 0 spiro atoms. The molecule has 0 bridgehead atoms. The van der Waals surface area contributed by atoms with E-state index in [1.165, 1.54) is 6.92 Å². The second-order valence-corrected chi connectivity index (χ2v) is 2.41. The van der Waals surface area contributed by atoms with Gasteiger partial charge in [0.2, 0.25) is 6.10 Å². The highest BCUT2D eigenvalue weighted by molar-refractivity contribution is 5.87. The number of ether oxygens (including phenoxy) is 2. The normalized spacial score (nSPS) is 28.7. The molecule has 0 N–H and O–H groups in total.